The van der Waals surface area contributed by atoms with Crippen molar-refractivity contribution in [3.63, 3.8) is 0 Å². The molecule has 0 heterocycles. The van der Waals surface area contributed by atoms with Gasteiger partial charge in [-0.25, -0.2) is 0 Å². The first-order valence-corrected chi connectivity index (χ1v) is 5.38. The Morgan fingerprint density at radius 2 is 1.88 bits per heavy atom. The summed E-state index contributed by atoms with van der Waals surface area (Å²) in [5.41, 5.74) is 6.42. The third kappa shape index (κ3) is 2.38. The molecule has 0 radical (unpaired) electrons. The molecule has 0 bridgehead atoms. The van der Waals surface area contributed by atoms with Crippen molar-refractivity contribution >= 4 is 33.7 Å². The Kier molecular flexibility index (Phi) is 3.17. The number of fused-ring (bicyclic) bond motifs is 1. The van der Waals surface area contributed by atoms with Crippen LogP contribution in [0.3, 0.4) is 0 Å². The van der Waals surface area contributed by atoms with Crippen molar-refractivity contribution in [2.75, 3.05) is 5.32 Å². The number of nitrogens with two attached hydrogens (primary N) is 1. The average Bonchev–Trinajstić information content (AvgIpc) is 2.29. The molecule has 0 aliphatic rings. The normalized spacial score (nSPS) is 10.8. The Balaban J connectivity index is 2.34. The third-order valence-corrected chi connectivity index (χ3v) is 2.41. The Hall–Kier alpha value is -1.87. The zero-order valence-electron chi connectivity index (χ0n) is 8.68. The maximum absolute atomic E-state index is 5.37. The molecular weight excluding hydrogens is 216 g/mol. The van der Waals surface area contributed by atoms with Gasteiger partial charge < -0.3 is 11.1 Å². The summed E-state index contributed by atoms with van der Waals surface area (Å²) in [5.74, 6) is 0. The predicted octanol–water partition coefficient (Wildman–Crippen LogP) is 3.05. The van der Waals surface area contributed by atoms with Crippen molar-refractivity contribution in [2.45, 2.75) is 0 Å². The van der Waals surface area contributed by atoms with Gasteiger partial charge in [-0.3, -0.25) is 0 Å². The summed E-state index contributed by atoms with van der Waals surface area (Å²) in [6.07, 6.45) is 3.42. The van der Waals surface area contributed by atoms with Crippen LogP contribution in [-0.2, 0) is 0 Å². The van der Waals surface area contributed by atoms with E-state index in [0.29, 0.717) is 4.99 Å². The second-order valence-electron chi connectivity index (χ2n) is 3.41. The highest BCUT2D eigenvalue weighted by Crippen LogP contribution is 2.22. The van der Waals surface area contributed by atoms with Gasteiger partial charge in [0.15, 0.2) is 0 Å². The SMILES string of the molecule is NC(=S)C=CNc1cccc2ccccc12. The monoisotopic (exact) mass is 228 g/mol. The zero-order valence-corrected chi connectivity index (χ0v) is 9.50. The summed E-state index contributed by atoms with van der Waals surface area (Å²) in [6.45, 7) is 0. The summed E-state index contributed by atoms with van der Waals surface area (Å²) >= 11 is 4.76. The fourth-order valence-electron chi connectivity index (χ4n) is 1.56. The van der Waals surface area contributed by atoms with E-state index >= 15 is 0 Å². The summed E-state index contributed by atoms with van der Waals surface area (Å²) in [5, 5.41) is 5.55. The third-order valence-electron chi connectivity index (χ3n) is 2.28. The summed E-state index contributed by atoms with van der Waals surface area (Å²) < 4.78 is 0. The lowest BCUT2D eigenvalue weighted by molar-refractivity contribution is 1.62. The number of nitrogens with one attached hydrogen (secondary N) is 1. The van der Waals surface area contributed by atoms with Crippen molar-refractivity contribution in [2.24, 2.45) is 5.73 Å². The van der Waals surface area contributed by atoms with Crippen molar-refractivity contribution in [1.29, 1.82) is 0 Å². The molecule has 0 aliphatic heterocycles. The molecule has 0 unspecified atom stereocenters. The van der Waals surface area contributed by atoms with Crippen LogP contribution in [0.25, 0.3) is 10.8 Å². The molecule has 2 rings (SSSR count). The van der Waals surface area contributed by atoms with E-state index in [-0.39, 0.29) is 0 Å². The highest BCUT2D eigenvalue weighted by molar-refractivity contribution is 7.80. The molecule has 0 saturated carbocycles. The minimum Gasteiger partial charge on any atom is -0.390 e. The lowest BCUT2D eigenvalue weighted by Gasteiger charge is -2.05. The number of hydrogen-bond donors (Lipinski definition) is 2. The standard InChI is InChI=1S/C13H12N2S/c14-13(16)8-9-15-12-7-3-5-10-4-1-2-6-11(10)12/h1-9,15H,(H2,14,16). The van der Waals surface area contributed by atoms with Crippen LogP contribution in [0.15, 0.2) is 54.7 Å². The van der Waals surface area contributed by atoms with Gasteiger partial charge in [0.05, 0.1) is 4.99 Å². The number of anilines is 1. The van der Waals surface area contributed by atoms with E-state index in [0.717, 1.165) is 5.69 Å². The first-order valence-electron chi connectivity index (χ1n) is 4.97. The van der Waals surface area contributed by atoms with Gasteiger partial charge in [-0.1, -0.05) is 48.6 Å². The second-order valence-corrected chi connectivity index (χ2v) is 3.88. The van der Waals surface area contributed by atoms with E-state index in [1.54, 1.807) is 12.3 Å². The van der Waals surface area contributed by atoms with E-state index in [1.807, 2.05) is 24.3 Å². The molecule has 0 aliphatic carbocycles. The summed E-state index contributed by atoms with van der Waals surface area (Å²) in [6, 6.07) is 14.3. The lowest BCUT2D eigenvalue weighted by Crippen LogP contribution is -2.03. The maximum atomic E-state index is 5.37. The van der Waals surface area contributed by atoms with E-state index in [9.17, 15) is 0 Å². The molecule has 0 atom stereocenters. The van der Waals surface area contributed by atoms with Crippen molar-refractivity contribution < 1.29 is 0 Å². The van der Waals surface area contributed by atoms with E-state index in [1.165, 1.54) is 10.8 Å². The fraction of sp³-hybridized carbons (Fsp3) is 0. The first-order chi connectivity index (χ1) is 7.77. The van der Waals surface area contributed by atoms with Gasteiger partial charge in [-0.15, -0.1) is 0 Å². The van der Waals surface area contributed by atoms with Crippen LogP contribution in [0.4, 0.5) is 5.69 Å². The lowest BCUT2D eigenvalue weighted by atomic mass is 10.1. The van der Waals surface area contributed by atoms with Crippen molar-refractivity contribution in [1.82, 2.24) is 0 Å². The fourth-order valence-corrected chi connectivity index (χ4v) is 1.63. The molecule has 0 spiro atoms. The van der Waals surface area contributed by atoms with Crippen molar-refractivity contribution in [3.05, 3.63) is 54.7 Å². The number of benzene rings is 2. The molecule has 0 aromatic heterocycles. The molecule has 16 heavy (non-hydrogen) atoms. The Morgan fingerprint density at radius 3 is 2.69 bits per heavy atom. The topological polar surface area (TPSA) is 38.0 Å². The number of thiocarbonyl (C=S) groups is 1. The van der Waals surface area contributed by atoms with Gasteiger partial charge in [0.2, 0.25) is 0 Å². The molecule has 80 valence electrons. The summed E-state index contributed by atoms with van der Waals surface area (Å²) in [7, 11) is 0. The molecule has 2 aromatic rings. The smallest absolute Gasteiger partial charge is 0.0976 e. The van der Waals surface area contributed by atoms with E-state index in [4.69, 9.17) is 18.0 Å². The Morgan fingerprint density at radius 1 is 1.12 bits per heavy atom. The molecular formula is C13H12N2S. The molecule has 3 N–H and O–H groups in total. The van der Waals surface area contributed by atoms with Gasteiger partial charge >= 0.3 is 0 Å². The van der Waals surface area contributed by atoms with Crippen LogP contribution < -0.4 is 11.1 Å². The van der Waals surface area contributed by atoms with Gasteiger partial charge in [-0.05, 0) is 17.5 Å². The van der Waals surface area contributed by atoms with Crippen LogP contribution in [0.5, 0.6) is 0 Å². The van der Waals surface area contributed by atoms with Gasteiger partial charge in [0, 0.05) is 17.3 Å². The van der Waals surface area contributed by atoms with Crippen LogP contribution in [-0.4, -0.2) is 4.99 Å². The molecule has 0 amide bonds. The highest BCUT2D eigenvalue weighted by atomic mass is 32.1. The quantitative estimate of drug-likeness (QED) is 0.626. The molecule has 3 heteroatoms. The molecule has 2 aromatic carbocycles. The van der Waals surface area contributed by atoms with Gasteiger partial charge in [-0.2, -0.15) is 0 Å². The van der Waals surface area contributed by atoms with Crippen LogP contribution in [0.2, 0.25) is 0 Å². The van der Waals surface area contributed by atoms with Crippen LogP contribution in [0.1, 0.15) is 0 Å². The Bertz CT molecular complexity index is 541. The zero-order chi connectivity index (χ0) is 11.4. The summed E-state index contributed by atoms with van der Waals surface area (Å²) in [4.78, 5) is 0.368. The maximum Gasteiger partial charge on any atom is 0.0976 e. The van der Waals surface area contributed by atoms with Crippen molar-refractivity contribution in [3.8, 4) is 0 Å². The van der Waals surface area contributed by atoms with Gasteiger partial charge in [0.1, 0.15) is 0 Å². The van der Waals surface area contributed by atoms with E-state index in [2.05, 4.69) is 23.5 Å². The average molecular weight is 228 g/mol. The molecule has 2 nitrogen and oxygen atoms in total. The first kappa shape index (κ1) is 10.6. The minimum atomic E-state index is 0.368. The minimum absolute atomic E-state index is 0.368. The highest BCUT2D eigenvalue weighted by Gasteiger charge is 1.96. The van der Waals surface area contributed by atoms with E-state index < -0.39 is 0 Å². The molecule has 0 saturated heterocycles. The predicted molar refractivity (Wildman–Crippen MR) is 73.5 cm³/mol. The van der Waals surface area contributed by atoms with Gasteiger partial charge in [0.25, 0.3) is 0 Å². The number of hydrogen-bond acceptors (Lipinski definition) is 2. The second kappa shape index (κ2) is 4.77. The number of rotatable bonds is 3. The van der Waals surface area contributed by atoms with Crippen LogP contribution in [0, 0.1) is 0 Å². The Labute approximate surface area is 99.8 Å². The van der Waals surface area contributed by atoms with Crippen LogP contribution >= 0.6 is 12.2 Å². The molecule has 0 fully saturated rings. The largest absolute Gasteiger partial charge is 0.390 e.